The number of aliphatic carboxylic acids is 1. The molecular formula is C25H28N2O6. The summed E-state index contributed by atoms with van der Waals surface area (Å²) in [6.45, 7) is 0.449. The fraction of sp³-hybridized carbons (Fsp3) is 0.360. The third-order valence-corrected chi connectivity index (χ3v) is 5.62. The van der Waals surface area contributed by atoms with Crippen molar-refractivity contribution >= 4 is 23.8 Å². The maximum atomic E-state index is 12.9. The molecule has 0 radical (unpaired) electrons. The van der Waals surface area contributed by atoms with E-state index in [4.69, 9.17) is 4.74 Å². The van der Waals surface area contributed by atoms with Crippen molar-refractivity contribution in [3.63, 3.8) is 0 Å². The molecule has 0 aromatic heterocycles. The molecule has 2 aromatic rings. The van der Waals surface area contributed by atoms with E-state index in [1.165, 1.54) is 4.90 Å². The fourth-order valence-electron chi connectivity index (χ4n) is 3.87. The van der Waals surface area contributed by atoms with Gasteiger partial charge in [0.2, 0.25) is 5.91 Å². The first-order valence-electron chi connectivity index (χ1n) is 11.0. The second-order valence-corrected chi connectivity index (χ2v) is 8.00. The van der Waals surface area contributed by atoms with Gasteiger partial charge in [0.05, 0.1) is 6.04 Å². The number of carboxylic acid groups (broad SMARTS) is 1. The van der Waals surface area contributed by atoms with Crippen LogP contribution in [0.15, 0.2) is 60.7 Å². The molecule has 1 aliphatic heterocycles. The molecule has 0 bridgehead atoms. The number of Topliss-reactive ketones (excluding diaryl/α,β-unsaturated/α-hetero) is 1. The summed E-state index contributed by atoms with van der Waals surface area (Å²) in [5, 5.41) is 11.9. The molecule has 1 heterocycles. The largest absolute Gasteiger partial charge is 0.480 e. The van der Waals surface area contributed by atoms with Gasteiger partial charge in [-0.15, -0.1) is 0 Å². The number of carboxylic acids is 1. The number of benzene rings is 2. The monoisotopic (exact) mass is 452 g/mol. The molecule has 8 heteroatoms. The van der Waals surface area contributed by atoms with Gasteiger partial charge in [-0.2, -0.15) is 0 Å². The van der Waals surface area contributed by atoms with Crippen LogP contribution in [-0.2, 0) is 32.1 Å². The number of nitrogens with one attached hydrogen (secondary N) is 1. The second kappa shape index (κ2) is 11.8. The van der Waals surface area contributed by atoms with Crippen LogP contribution in [0.3, 0.4) is 0 Å². The Morgan fingerprint density at radius 1 is 0.970 bits per heavy atom. The maximum absolute atomic E-state index is 12.9. The van der Waals surface area contributed by atoms with Gasteiger partial charge in [0.1, 0.15) is 12.6 Å². The molecule has 33 heavy (non-hydrogen) atoms. The number of hydrogen-bond acceptors (Lipinski definition) is 5. The van der Waals surface area contributed by atoms with Crippen LogP contribution in [0, 0.1) is 0 Å². The first-order valence-corrected chi connectivity index (χ1v) is 11.0. The molecule has 1 aliphatic rings. The number of amides is 2. The van der Waals surface area contributed by atoms with Crippen LogP contribution in [-0.4, -0.2) is 52.4 Å². The van der Waals surface area contributed by atoms with E-state index < -0.39 is 24.1 Å². The van der Waals surface area contributed by atoms with Crippen molar-refractivity contribution in [2.75, 3.05) is 6.54 Å². The molecule has 3 rings (SSSR count). The van der Waals surface area contributed by atoms with Gasteiger partial charge in [-0.1, -0.05) is 60.7 Å². The Kier molecular flexibility index (Phi) is 8.57. The van der Waals surface area contributed by atoms with E-state index in [9.17, 15) is 24.3 Å². The van der Waals surface area contributed by atoms with E-state index in [0.717, 1.165) is 11.1 Å². The lowest BCUT2D eigenvalue weighted by molar-refractivity contribution is -0.148. The molecule has 0 saturated carbocycles. The minimum Gasteiger partial charge on any atom is -0.480 e. The van der Waals surface area contributed by atoms with Gasteiger partial charge in [0.25, 0.3) is 0 Å². The number of ketones is 1. The van der Waals surface area contributed by atoms with Gasteiger partial charge in [0.15, 0.2) is 5.78 Å². The van der Waals surface area contributed by atoms with Gasteiger partial charge in [-0.3, -0.25) is 9.59 Å². The average molecular weight is 453 g/mol. The molecule has 0 spiro atoms. The van der Waals surface area contributed by atoms with Gasteiger partial charge in [-0.05, 0) is 30.4 Å². The third kappa shape index (κ3) is 7.17. The number of alkyl carbamates (subject to hydrolysis) is 1. The summed E-state index contributed by atoms with van der Waals surface area (Å²) < 4.78 is 5.25. The molecule has 1 fully saturated rings. The normalized spacial score (nSPS) is 16.1. The van der Waals surface area contributed by atoms with Gasteiger partial charge >= 0.3 is 12.1 Å². The lowest BCUT2D eigenvalue weighted by Crippen LogP contribution is -2.44. The number of carbonyl (C=O) groups is 4. The Balaban J connectivity index is 1.59. The van der Waals surface area contributed by atoms with Crippen LogP contribution in [0.25, 0.3) is 0 Å². The zero-order valence-corrected chi connectivity index (χ0v) is 18.3. The Labute approximate surface area is 192 Å². The van der Waals surface area contributed by atoms with Gasteiger partial charge in [-0.25, -0.2) is 9.59 Å². The van der Waals surface area contributed by atoms with Crippen molar-refractivity contribution in [3.8, 4) is 0 Å². The molecular weight excluding hydrogens is 424 g/mol. The number of carbonyl (C=O) groups excluding carboxylic acids is 3. The van der Waals surface area contributed by atoms with Gasteiger partial charge < -0.3 is 20.1 Å². The molecule has 8 nitrogen and oxygen atoms in total. The smallest absolute Gasteiger partial charge is 0.408 e. The lowest BCUT2D eigenvalue weighted by Gasteiger charge is -2.22. The highest BCUT2D eigenvalue weighted by molar-refractivity contribution is 5.91. The third-order valence-electron chi connectivity index (χ3n) is 5.62. The molecule has 1 unspecified atom stereocenters. The van der Waals surface area contributed by atoms with Crippen molar-refractivity contribution in [2.24, 2.45) is 0 Å². The molecule has 1 saturated heterocycles. The Morgan fingerprint density at radius 2 is 1.61 bits per heavy atom. The summed E-state index contributed by atoms with van der Waals surface area (Å²) in [5.74, 6) is -1.70. The van der Waals surface area contributed by atoms with E-state index >= 15 is 0 Å². The Bertz CT molecular complexity index is 963. The summed E-state index contributed by atoms with van der Waals surface area (Å²) in [5.41, 5.74) is 1.68. The van der Waals surface area contributed by atoms with E-state index in [2.05, 4.69) is 5.32 Å². The quantitative estimate of drug-likeness (QED) is 0.573. The van der Waals surface area contributed by atoms with Crippen LogP contribution in [0.5, 0.6) is 0 Å². The van der Waals surface area contributed by atoms with Gasteiger partial charge in [0, 0.05) is 19.4 Å². The van der Waals surface area contributed by atoms with E-state index in [1.807, 2.05) is 60.7 Å². The minimum absolute atomic E-state index is 0.0724. The van der Waals surface area contributed by atoms with Crippen molar-refractivity contribution in [1.82, 2.24) is 10.2 Å². The highest BCUT2D eigenvalue weighted by Gasteiger charge is 2.34. The van der Waals surface area contributed by atoms with Crippen molar-refractivity contribution in [2.45, 2.75) is 50.8 Å². The topological polar surface area (TPSA) is 113 Å². The van der Waals surface area contributed by atoms with Crippen molar-refractivity contribution in [3.05, 3.63) is 71.8 Å². The minimum atomic E-state index is -1.03. The van der Waals surface area contributed by atoms with Crippen LogP contribution in [0.4, 0.5) is 4.79 Å². The summed E-state index contributed by atoms with van der Waals surface area (Å²) >= 11 is 0. The highest BCUT2D eigenvalue weighted by Crippen LogP contribution is 2.19. The molecule has 2 amide bonds. The molecule has 2 aromatic carbocycles. The Morgan fingerprint density at radius 3 is 2.24 bits per heavy atom. The predicted octanol–water partition coefficient (Wildman–Crippen LogP) is 2.95. The molecule has 2 N–H and O–H groups in total. The van der Waals surface area contributed by atoms with Crippen LogP contribution >= 0.6 is 0 Å². The highest BCUT2D eigenvalue weighted by atomic mass is 16.5. The number of rotatable bonds is 10. The number of ether oxygens (including phenoxy) is 1. The second-order valence-electron chi connectivity index (χ2n) is 8.00. The fourth-order valence-corrected chi connectivity index (χ4v) is 3.87. The summed E-state index contributed by atoms with van der Waals surface area (Å²) in [6.07, 6.45) is 0.385. The summed E-state index contributed by atoms with van der Waals surface area (Å²) in [6, 6.07) is 16.7. The molecule has 174 valence electrons. The molecule has 0 aliphatic carbocycles. The zero-order valence-electron chi connectivity index (χ0n) is 18.3. The van der Waals surface area contributed by atoms with Crippen LogP contribution in [0.2, 0.25) is 0 Å². The number of hydrogen-bond donors (Lipinski definition) is 2. The summed E-state index contributed by atoms with van der Waals surface area (Å²) in [4.78, 5) is 50.5. The standard InChI is InChI=1S/C25H28N2O6/c28-22(13-14-23(29)27-15-7-12-21(27)24(30)31)20(16-18-8-3-1-4-9-18)26-25(32)33-17-19-10-5-2-6-11-19/h1-6,8-11,20-21H,7,12-17H2,(H,26,32)(H,30,31)/t20?,21-/m0/s1. The average Bonchev–Trinajstić information content (AvgIpc) is 3.32. The van der Waals surface area contributed by atoms with Crippen LogP contribution in [0.1, 0.15) is 36.8 Å². The lowest BCUT2D eigenvalue weighted by atomic mass is 9.99. The SMILES string of the molecule is O=C(NC(Cc1ccccc1)C(=O)CCC(=O)N1CCC[C@H]1C(=O)O)OCc1ccccc1. The molecule has 2 atom stereocenters. The first-order chi connectivity index (χ1) is 15.9. The first kappa shape index (κ1) is 24.0. The van der Waals surface area contributed by atoms with Crippen molar-refractivity contribution in [1.29, 1.82) is 0 Å². The summed E-state index contributed by atoms with van der Waals surface area (Å²) in [7, 11) is 0. The predicted molar refractivity (Wildman–Crippen MR) is 120 cm³/mol. The number of likely N-dealkylation sites (tertiary alicyclic amines) is 1. The van der Waals surface area contributed by atoms with Crippen molar-refractivity contribution < 1.29 is 29.0 Å². The zero-order chi connectivity index (χ0) is 23.6. The van der Waals surface area contributed by atoms with E-state index in [1.54, 1.807) is 0 Å². The number of nitrogens with zero attached hydrogens (tertiary/aromatic N) is 1. The van der Waals surface area contributed by atoms with Crippen LogP contribution < -0.4 is 5.32 Å². The van der Waals surface area contributed by atoms with E-state index in [-0.39, 0.29) is 37.6 Å². The van der Waals surface area contributed by atoms with E-state index in [0.29, 0.717) is 19.4 Å². The Hall–Kier alpha value is -3.68. The maximum Gasteiger partial charge on any atom is 0.408 e.